The summed E-state index contributed by atoms with van der Waals surface area (Å²) in [6, 6.07) is 6.82. The summed E-state index contributed by atoms with van der Waals surface area (Å²) in [6.45, 7) is 5.36. The van der Waals surface area contributed by atoms with Crippen molar-refractivity contribution in [2.75, 3.05) is 11.3 Å². The third kappa shape index (κ3) is 3.56. The van der Waals surface area contributed by atoms with E-state index in [1.165, 1.54) is 11.3 Å². The van der Waals surface area contributed by atoms with Crippen LogP contribution in [0, 0.1) is 6.92 Å². The summed E-state index contributed by atoms with van der Waals surface area (Å²) in [5.41, 5.74) is 0. The average molecular weight is 311 g/mol. The Balaban J connectivity index is 2.23. The lowest BCUT2D eigenvalue weighted by Crippen LogP contribution is -2.14. The molecule has 0 saturated heterocycles. The lowest BCUT2D eigenvalue weighted by Gasteiger charge is -2.06. The van der Waals surface area contributed by atoms with Gasteiger partial charge in [-0.25, -0.2) is 13.4 Å². The maximum absolute atomic E-state index is 12.3. The van der Waals surface area contributed by atoms with E-state index in [0.717, 1.165) is 16.3 Å². The van der Waals surface area contributed by atoms with E-state index in [1.807, 2.05) is 13.8 Å². The Kier molecular flexibility index (Phi) is 4.74. The SMILES string of the molecule is CCNCc1cc(S(=O)(=O)Nc2ccccn2)c(C)s1. The number of pyridine rings is 1. The van der Waals surface area contributed by atoms with Crippen LogP contribution in [0.5, 0.6) is 0 Å². The molecule has 2 aromatic heterocycles. The van der Waals surface area contributed by atoms with Crippen molar-refractivity contribution in [3.63, 3.8) is 0 Å². The minimum atomic E-state index is -3.58. The Bertz CT molecular complexity index is 666. The smallest absolute Gasteiger partial charge is 0.264 e. The van der Waals surface area contributed by atoms with Gasteiger partial charge in [-0.3, -0.25) is 4.72 Å². The summed E-state index contributed by atoms with van der Waals surface area (Å²) in [6.07, 6.45) is 1.55. The first-order chi connectivity index (χ1) is 9.53. The number of nitrogens with zero attached hydrogens (tertiary/aromatic N) is 1. The first kappa shape index (κ1) is 15.0. The number of hydrogen-bond donors (Lipinski definition) is 2. The fraction of sp³-hybridized carbons (Fsp3) is 0.308. The van der Waals surface area contributed by atoms with Crippen molar-refractivity contribution in [2.45, 2.75) is 25.3 Å². The third-order valence-corrected chi connectivity index (χ3v) is 5.33. The van der Waals surface area contributed by atoms with Crippen molar-refractivity contribution in [3.05, 3.63) is 40.2 Å². The second kappa shape index (κ2) is 6.34. The van der Waals surface area contributed by atoms with Gasteiger partial charge in [0.2, 0.25) is 0 Å². The largest absolute Gasteiger partial charge is 0.312 e. The maximum Gasteiger partial charge on any atom is 0.264 e. The molecule has 2 N–H and O–H groups in total. The summed E-state index contributed by atoms with van der Waals surface area (Å²) >= 11 is 1.49. The van der Waals surface area contributed by atoms with Crippen molar-refractivity contribution in [2.24, 2.45) is 0 Å². The number of sulfonamides is 1. The van der Waals surface area contributed by atoms with Gasteiger partial charge in [0.05, 0.1) is 0 Å². The van der Waals surface area contributed by atoms with Crippen LogP contribution in [0.25, 0.3) is 0 Å². The van der Waals surface area contributed by atoms with E-state index in [9.17, 15) is 8.42 Å². The molecule has 108 valence electrons. The van der Waals surface area contributed by atoms with Crippen LogP contribution in [-0.4, -0.2) is 19.9 Å². The van der Waals surface area contributed by atoms with Crippen LogP contribution >= 0.6 is 11.3 Å². The van der Waals surface area contributed by atoms with E-state index < -0.39 is 10.0 Å². The minimum Gasteiger partial charge on any atom is -0.312 e. The first-order valence-electron chi connectivity index (χ1n) is 6.27. The molecular weight excluding hydrogens is 294 g/mol. The maximum atomic E-state index is 12.3. The van der Waals surface area contributed by atoms with E-state index in [2.05, 4.69) is 15.0 Å². The van der Waals surface area contributed by atoms with Gasteiger partial charge in [-0.1, -0.05) is 13.0 Å². The lowest BCUT2D eigenvalue weighted by molar-refractivity contribution is 0.601. The number of hydrogen-bond acceptors (Lipinski definition) is 5. The Labute approximate surface area is 123 Å². The van der Waals surface area contributed by atoms with Crippen LogP contribution in [0.4, 0.5) is 5.82 Å². The monoisotopic (exact) mass is 311 g/mol. The van der Waals surface area contributed by atoms with Crippen LogP contribution in [0.2, 0.25) is 0 Å². The number of anilines is 1. The third-order valence-electron chi connectivity index (χ3n) is 2.67. The highest BCUT2D eigenvalue weighted by atomic mass is 32.2. The van der Waals surface area contributed by atoms with Gasteiger partial charge in [-0.05, 0) is 31.7 Å². The molecule has 0 fully saturated rings. The number of aromatic nitrogens is 1. The molecule has 0 spiro atoms. The zero-order valence-electron chi connectivity index (χ0n) is 11.4. The first-order valence-corrected chi connectivity index (χ1v) is 8.57. The quantitative estimate of drug-likeness (QED) is 0.859. The fourth-order valence-corrected chi connectivity index (χ4v) is 4.36. The van der Waals surface area contributed by atoms with Gasteiger partial charge < -0.3 is 5.32 Å². The zero-order chi connectivity index (χ0) is 14.6. The summed E-state index contributed by atoms with van der Waals surface area (Å²) in [5.74, 6) is 0.325. The molecule has 20 heavy (non-hydrogen) atoms. The van der Waals surface area contributed by atoms with Crippen LogP contribution < -0.4 is 10.0 Å². The van der Waals surface area contributed by atoms with E-state index in [-0.39, 0.29) is 0 Å². The van der Waals surface area contributed by atoms with Crippen molar-refractivity contribution in [3.8, 4) is 0 Å². The highest BCUT2D eigenvalue weighted by Crippen LogP contribution is 2.27. The van der Waals surface area contributed by atoms with Gasteiger partial charge in [-0.15, -0.1) is 11.3 Å². The molecule has 2 rings (SSSR count). The topological polar surface area (TPSA) is 71.1 Å². The van der Waals surface area contributed by atoms with Gasteiger partial charge in [0.25, 0.3) is 10.0 Å². The Morgan fingerprint density at radius 1 is 1.35 bits per heavy atom. The average Bonchev–Trinajstić information content (AvgIpc) is 2.79. The molecule has 0 aliphatic heterocycles. The molecule has 0 radical (unpaired) electrons. The Hall–Kier alpha value is -1.44. The van der Waals surface area contributed by atoms with Gasteiger partial charge in [0, 0.05) is 22.5 Å². The Morgan fingerprint density at radius 2 is 2.15 bits per heavy atom. The van der Waals surface area contributed by atoms with Crippen LogP contribution in [-0.2, 0) is 16.6 Å². The van der Waals surface area contributed by atoms with E-state index in [4.69, 9.17) is 0 Å². The summed E-state index contributed by atoms with van der Waals surface area (Å²) in [4.78, 5) is 6.08. The van der Waals surface area contributed by atoms with E-state index in [0.29, 0.717) is 17.3 Å². The molecule has 0 aliphatic rings. The fourth-order valence-electron chi connectivity index (χ4n) is 1.74. The summed E-state index contributed by atoms with van der Waals surface area (Å²) in [7, 11) is -3.58. The highest BCUT2D eigenvalue weighted by molar-refractivity contribution is 7.93. The standard InChI is InChI=1S/C13H17N3O2S2/c1-3-14-9-11-8-12(10(2)19-11)20(17,18)16-13-6-4-5-7-15-13/h4-8,14H,3,9H2,1-2H3,(H,15,16). The second-order valence-electron chi connectivity index (χ2n) is 4.23. The van der Waals surface area contributed by atoms with Crippen LogP contribution in [0.1, 0.15) is 16.7 Å². The lowest BCUT2D eigenvalue weighted by atomic mass is 10.4. The number of rotatable bonds is 6. The van der Waals surface area contributed by atoms with Crippen molar-refractivity contribution < 1.29 is 8.42 Å². The molecule has 0 aliphatic carbocycles. The van der Waals surface area contributed by atoms with Crippen molar-refractivity contribution in [1.82, 2.24) is 10.3 Å². The predicted molar refractivity (Wildman–Crippen MR) is 81.5 cm³/mol. The Morgan fingerprint density at radius 3 is 2.80 bits per heavy atom. The molecular formula is C13H17N3O2S2. The molecule has 0 bridgehead atoms. The van der Waals surface area contributed by atoms with Crippen molar-refractivity contribution >= 4 is 27.2 Å². The van der Waals surface area contributed by atoms with Crippen LogP contribution in [0.3, 0.4) is 0 Å². The van der Waals surface area contributed by atoms with Gasteiger partial charge in [0.1, 0.15) is 10.7 Å². The van der Waals surface area contributed by atoms with E-state index >= 15 is 0 Å². The summed E-state index contributed by atoms with van der Waals surface area (Å²) in [5, 5.41) is 3.19. The highest BCUT2D eigenvalue weighted by Gasteiger charge is 2.20. The van der Waals surface area contributed by atoms with Crippen molar-refractivity contribution in [1.29, 1.82) is 0 Å². The molecule has 7 heteroatoms. The minimum absolute atomic E-state index is 0.320. The predicted octanol–water partition coefficient (Wildman–Crippen LogP) is 2.36. The van der Waals surface area contributed by atoms with Gasteiger partial charge in [0.15, 0.2) is 0 Å². The number of thiophene rings is 1. The number of nitrogens with one attached hydrogen (secondary N) is 2. The molecule has 0 atom stereocenters. The zero-order valence-corrected chi connectivity index (χ0v) is 13.0. The molecule has 2 aromatic rings. The molecule has 2 heterocycles. The van der Waals surface area contributed by atoms with E-state index in [1.54, 1.807) is 30.5 Å². The molecule has 0 saturated carbocycles. The van der Waals surface area contributed by atoms with Gasteiger partial charge in [-0.2, -0.15) is 0 Å². The normalized spacial score (nSPS) is 11.5. The van der Waals surface area contributed by atoms with Gasteiger partial charge >= 0.3 is 0 Å². The molecule has 0 unspecified atom stereocenters. The molecule has 0 amide bonds. The summed E-state index contributed by atoms with van der Waals surface area (Å²) < 4.78 is 27.2. The molecule has 5 nitrogen and oxygen atoms in total. The van der Waals surface area contributed by atoms with Crippen LogP contribution in [0.15, 0.2) is 35.4 Å². The second-order valence-corrected chi connectivity index (χ2v) is 7.23. The molecule has 0 aromatic carbocycles. The number of aryl methyl sites for hydroxylation is 1.